The third kappa shape index (κ3) is 4.45. The van der Waals surface area contributed by atoms with E-state index in [1.807, 2.05) is 17.5 Å². The Morgan fingerprint density at radius 1 is 1.29 bits per heavy atom. The molecule has 1 saturated carbocycles. The zero-order valence-electron chi connectivity index (χ0n) is 17.7. The highest BCUT2D eigenvalue weighted by Crippen LogP contribution is 2.46. The van der Waals surface area contributed by atoms with Crippen LogP contribution in [0.3, 0.4) is 0 Å². The second-order valence-electron chi connectivity index (χ2n) is 9.35. The zero-order chi connectivity index (χ0) is 22.4. The quantitative estimate of drug-likeness (QED) is 0.655. The fraction of sp³-hybridized carbons (Fsp3) is 0.455. The maximum atomic E-state index is 13.2. The molecule has 31 heavy (non-hydrogen) atoms. The van der Waals surface area contributed by atoms with Gasteiger partial charge in [-0.1, -0.05) is 44.5 Å². The van der Waals surface area contributed by atoms with Gasteiger partial charge in [0.05, 0.1) is 5.69 Å². The van der Waals surface area contributed by atoms with Gasteiger partial charge in [-0.05, 0) is 42.7 Å². The van der Waals surface area contributed by atoms with Gasteiger partial charge in [0.25, 0.3) is 5.91 Å². The van der Waals surface area contributed by atoms with E-state index in [2.05, 4.69) is 36.4 Å². The summed E-state index contributed by atoms with van der Waals surface area (Å²) < 4.78 is 0. The number of hydrogen-bond acceptors (Lipinski definition) is 5. The predicted octanol–water partition coefficient (Wildman–Crippen LogP) is 4.54. The molecule has 2 heterocycles. The molecule has 0 radical (unpaired) electrons. The SMILES string of the molecule is CC1CC(C)(C)CC2(C1)NC(=O)N(CC(=O)Nc1nc(-c3ccc(Cl)cc3)cs1)C2=O. The standard InChI is InChI=1S/C22H25ClN4O3S/c1-13-8-21(2,3)12-22(9-13)18(29)27(20(30)26-22)10-17(28)25-19-24-16(11-31-19)14-4-6-15(23)7-5-14/h4-7,11,13H,8-10,12H2,1-3H3,(H,26,30)(H,24,25,28). The maximum Gasteiger partial charge on any atom is 0.325 e. The van der Waals surface area contributed by atoms with Gasteiger partial charge < -0.3 is 10.6 Å². The van der Waals surface area contributed by atoms with E-state index in [0.717, 1.165) is 16.9 Å². The highest BCUT2D eigenvalue weighted by molar-refractivity contribution is 7.14. The highest BCUT2D eigenvalue weighted by Gasteiger charge is 2.56. The van der Waals surface area contributed by atoms with Crippen LogP contribution in [0.5, 0.6) is 0 Å². The number of halogens is 1. The largest absolute Gasteiger partial charge is 0.325 e. The van der Waals surface area contributed by atoms with Gasteiger partial charge in [0.1, 0.15) is 12.1 Å². The van der Waals surface area contributed by atoms with E-state index in [-0.39, 0.29) is 17.9 Å². The Bertz CT molecular complexity index is 1040. The first-order valence-corrected chi connectivity index (χ1v) is 11.5. The molecule has 2 aromatic rings. The molecule has 4 amide bonds. The van der Waals surface area contributed by atoms with Crippen molar-refractivity contribution in [2.75, 3.05) is 11.9 Å². The molecule has 2 atom stereocenters. The van der Waals surface area contributed by atoms with E-state index in [9.17, 15) is 14.4 Å². The Morgan fingerprint density at radius 2 is 2.00 bits per heavy atom. The fourth-order valence-corrected chi connectivity index (χ4v) is 5.90. The Morgan fingerprint density at radius 3 is 2.68 bits per heavy atom. The van der Waals surface area contributed by atoms with Crippen molar-refractivity contribution in [2.24, 2.45) is 11.3 Å². The second kappa shape index (κ2) is 7.91. The molecule has 2 unspecified atom stereocenters. The number of nitrogens with zero attached hydrogens (tertiary/aromatic N) is 2. The number of amides is 4. The summed E-state index contributed by atoms with van der Waals surface area (Å²) in [4.78, 5) is 43.8. The smallest absolute Gasteiger partial charge is 0.323 e. The maximum absolute atomic E-state index is 13.2. The van der Waals surface area contributed by atoms with Gasteiger partial charge in [0, 0.05) is 16.0 Å². The van der Waals surface area contributed by atoms with Crippen LogP contribution < -0.4 is 10.6 Å². The normalized spacial score (nSPS) is 25.0. The first-order valence-electron chi connectivity index (χ1n) is 10.2. The molecular weight excluding hydrogens is 436 g/mol. The van der Waals surface area contributed by atoms with Crippen LogP contribution in [0, 0.1) is 11.3 Å². The summed E-state index contributed by atoms with van der Waals surface area (Å²) >= 11 is 7.19. The molecule has 4 rings (SSSR count). The monoisotopic (exact) mass is 460 g/mol. The third-order valence-electron chi connectivity index (χ3n) is 5.82. The number of hydrogen-bond donors (Lipinski definition) is 2. The molecule has 2 fully saturated rings. The predicted molar refractivity (Wildman–Crippen MR) is 121 cm³/mol. The summed E-state index contributed by atoms with van der Waals surface area (Å²) in [5.41, 5.74) is 0.620. The molecule has 2 N–H and O–H groups in total. The third-order valence-corrected chi connectivity index (χ3v) is 6.83. The van der Waals surface area contributed by atoms with E-state index in [1.165, 1.54) is 11.3 Å². The lowest BCUT2D eigenvalue weighted by Gasteiger charge is -2.43. The van der Waals surface area contributed by atoms with E-state index < -0.39 is 17.5 Å². The molecule has 1 spiro atoms. The van der Waals surface area contributed by atoms with Crippen LogP contribution >= 0.6 is 22.9 Å². The van der Waals surface area contributed by atoms with Gasteiger partial charge in [-0.15, -0.1) is 11.3 Å². The summed E-state index contributed by atoms with van der Waals surface area (Å²) in [6, 6.07) is 6.74. The van der Waals surface area contributed by atoms with Crippen LogP contribution in [0.25, 0.3) is 11.3 Å². The van der Waals surface area contributed by atoms with Gasteiger partial charge in [-0.2, -0.15) is 0 Å². The first-order chi connectivity index (χ1) is 14.6. The number of nitrogens with one attached hydrogen (secondary N) is 2. The topological polar surface area (TPSA) is 91.4 Å². The molecule has 9 heteroatoms. The summed E-state index contributed by atoms with van der Waals surface area (Å²) in [6.45, 7) is 5.98. The van der Waals surface area contributed by atoms with Gasteiger partial charge in [-0.3, -0.25) is 14.5 Å². The second-order valence-corrected chi connectivity index (χ2v) is 10.6. The molecule has 2 aliphatic rings. The molecule has 1 aliphatic heterocycles. The Balaban J connectivity index is 1.43. The van der Waals surface area contributed by atoms with Gasteiger partial charge >= 0.3 is 6.03 Å². The number of imide groups is 1. The number of thiazole rings is 1. The van der Waals surface area contributed by atoms with Crippen molar-refractivity contribution >= 4 is 45.9 Å². The van der Waals surface area contributed by atoms with Gasteiger partial charge in [-0.25, -0.2) is 9.78 Å². The molecule has 1 aromatic heterocycles. The lowest BCUT2D eigenvalue weighted by molar-refractivity contribution is -0.136. The number of aromatic nitrogens is 1. The van der Waals surface area contributed by atoms with Crippen LogP contribution in [0.1, 0.15) is 40.0 Å². The average molecular weight is 461 g/mol. The van der Waals surface area contributed by atoms with Crippen LogP contribution in [0.2, 0.25) is 5.02 Å². The van der Waals surface area contributed by atoms with Crippen LogP contribution in [0.15, 0.2) is 29.6 Å². The summed E-state index contributed by atoms with van der Waals surface area (Å²) in [5, 5.41) is 8.45. The fourth-order valence-electron chi connectivity index (χ4n) is 5.04. The van der Waals surface area contributed by atoms with E-state index in [1.54, 1.807) is 12.1 Å². The zero-order valence-corrected chi connectivity index (χ0v) is 19.3. The minimum absolute atomic E-state index is 0.0577. The van der Waals surface area contributed by atoms with Crippen molar-refractivity contribution in [3.05, 3.63) is 34.7 Å². The number of anilines is 1. The van der Waals surface area contributed by atoms with E-state index in [0.29, 0.717) is 34.6 Å². The van der Waals surface area contributed by atoms with Crippen molar-refractivity contribution in [1.82, 2.24) is 15.2 Å². The number of rotatable bonds is 4. The summed E-state index contributed by atoms with van der Waals surface area (Å²) in [6.07, 6.45) is 2.17. The number of carbonyl (C=O) groups excluding carboxylic acids is 3. The molecule has 164 valence electrons. The summed E-state index contributed by atoms with van der Waals surface area (Å²) in [5.74, 6) is -0.461. The van der Waals surface area contributed by atoms with Gasteiger partial charge in [0.2, 0.25) is 5.91 Å². The van der Waals surface area contributed by atoms with Crippen molar-refractivity contribution in [1.29, 1.82) is 0 Å². The minimum Gasteiger partial charge on any atom is -0.323 e. The average Bonchev–Trinajstić information content (AvgIpc) is 3.19. The number of benzene rings is 1. The van der Waals surface area contributed by atoms with Crippen molar-refractivity contribution in [3.63, 3.8) is 0 Å². The summed E-state index contributed by atoms with van der Waals surface area (Å²) in [7, 11) is 0. The first kappa shape index (κ1) is 21.8. The van der Waals surface area contributed by atoms with Gasteiger partial charge in [0.15, 0.2) is 5.13 Å². The van der Waals surface area contributed by atoms with E-state index >= 15 is 0 Å². The van der Waals surface area contributed by atoms with Crippen LogP contribution in [-0.2, 0) is 9.59 Å². The number of urea groups is 1. The Labute approximate surface area is 190 Å². The van der Waals surface area contributed by atoms with Crippen molar-refractivity contribution < 1.29 is 14.4 Å². The van der Waals surface area contributed by atoms with E-state index in [4.69, 9.17) is 11.6 Å². The lowest BCUT2D eigenvalue weighted by atomic mass is 9.64. The highest BCUT2D eigenvalue weighted by atomic mass is 35.5. The van der Waals surface area contributed by atoms with Crippen LogP contribution in [-0.4, -0.2) is 39.8 Å². The Hall–Kier alpha value is -2.45. The van der Waals surface area contributed by atoms with Crippen LogP contribution in [0.4, 0.5) is 9.93 Å². The molecule has 7 nitrogen and oxygen atoms in total. The van der Waals surface area contributed by atoms with Crippen molar-refractivity contribution in [2.45, 2.75) is 45.6 Å². The molecular formula is C22H25ClN4O3S. The minimum atomic E-state index is -0.915. The molecule has 0 bridgehead atoms. The molecule has 1 aliphatic carbocycles. The Kier molecular flexibility index (Phi) is 5.55. The molecule has 1 aromatic carbocycles. The lowest BCUT2D eigenvalue weighted by Crippen LogP contribution is -2.54. The molecule has 1 saturated heterocycles. The van der Waals surface area contributed by atoms with Crippen molar-refractivity contribution in [3.8, 4) is 11.3 Å². The number of carbonyl (C=O) groups is 3.